The van der Waals surface area contributed by atoms with E-state index in [0.29, 0.717) is 17.4 Å². The van der Waals surface area contributed by atoms with Gasteiger partial charge in [-0.3, -0.25) is 0 Å². The molecule has 2 aromatic heterocycles. The number of hydrogen-bond donors (Lipinski definition) is 1. The van der Waals surface area contributed by atoms with Crippen molar-refractivity contribution < 1.29 is 0 Å². The maximum atomic E-state index is 6.50. The molecule has 2 heterocycles. The highest BCUT2D eigenvalue weighted by molar-refractivity contribution is 14.2. The van der Waals surface area contributed by atoms with Crippen LogP contribution in [0.4, 0.5) is 5.82 Å². The van der Waals surface area contributed by atoms with Crippen LogP contribution in [0.5, 0.6) is 0 Å². The number of nitrogens with one attached hydrogen (secondary N) is 1. The fourth-order valence-corrected chi connectivity index (χ4v) is 4.47. The topological polar surface area (TPSA) is 42.7 Å². The highest BCUT2D eigenvalue weighted by atomic mass is 127. The van der Waals surface area contributed by atoms with Crippen molar-refractivity contribution in [3.05, 3.63) is 17.4 Å². The van der Waals surface area contributed by atoms with Gasteiger partial charge in [0.25, 0.3) is 0 Å². The molecule has 102 valence electrons. The summed E-state index contributed by atoms with van der Waals surface area (Å²) in [7, 11) is 0. The molecule has 0 bridgehead atoms. The molecule has 0 amide bonds. The van der Waals surface area contributed by atoms with Crippen LogP contribution in [0.25, 0.3) is 10.9 Å². The Bertz CT molecular complexity index is 582. The molecule has 0 spiro atoms. The van der Waals surface area contributed by atoms with E-state index in [2.05, 4.69) is 37.4 Å². The van der Waals surface area contributed by atoms with E-state index in [1.165, 1.54) is 32.1 Å². The van der Waals surface area contributed by atoms with Gasteiger partial charge < -0.3 is 5.32 Å². The molecule has 1 fully saturated rings. The molecule has 0 aromatic carbocycles. The summed E-state index contributed by atoms with van der Waals surface area (Å²) in [5.41, 5.74) is 0.989. The molecule has 2 aromatic rings. The first-order valence-electron chi connectivity index (χ1n) is 6.45. The normalized spacial score (nSPS) is 17.6. The van der Waals surface area contributed by atoms with Crippen molar-refractivity contribution in [2.24, 2.45) is 0 Å². The Balaban J connectivity index is 1.92. The number of rotatable bonds is 3. The predicted molar refractivity (Wildman–Crippen MR) is 90.8 cm³/mol. The van der Waals surface area contributed by atoms with E-state index in [1.807, 2.05) is 16.8 Å². The standard InChI is InChI=1S/C12H15ClIN4P/c13-10-11-8(7-16-18(11)19-14)6-15-12(10)17-9-4-2-1-3-5-9/h6-7,9,19H,1-5H2,(H,15,17). The molecule has 1 aliphatic rings. The van der Waals surface area contributed by atoms with E-state index >= 15 is 0 Å². The summed E-state index contributed by atoms with van der Waals surface area (Å²) in [6, 6.07) is 0.509. The van der Waals surface area contributed by atoms with Gasteiger partial charge in [0.15, 0.2) is 0 Å². The Morgan fingerprint density at radius 1 is 1.32 bits per heavy atom. The monoisotopic (exact) mass is 408 g/mol. The van der Waals surface area contributed by atoms with Crippen LogP contribution in [-0.2, 0) is 0 Å². The Kier molecular flexibility index (Phi) is 4.44. The lowest BCUT2D eigenvalue weighted by Gasteiger charge is -2.23. The second-order valence-corrected chi connectivity index (χ2v) is 7.26. The van der Waals surface area contributed by atoms with Gasteiger partial charge in [-0.05, 0) is 34.9 Å². The molecule has 19 heavy (non-hydrogen) atoms. The summed E-state index contributed by atoms with van der Waals surface area (Å²) < 4.78 is 1.94. The second-order valence-electron chi connectivity index (χ2n) is 4.84. The number of nitrogens with zero attached hydrogens (tertiary/aromatic N) is 3. The lowest BCUT2D eigenvalue weighted by Crippen LogP contribution is -2.23. The molecular formula is C12H15ClIN4P. The third kappa shape index (κ3) is 2.83. The van der Waals surface area contributed by atoms with Gasteiger partial charge in [0.2, 0.25) is 0 Å². The molecule has 0 saturated heterocycles. The minimum absolute atomic E-state index is 0.509. The molecule has 0 aliphatic heterocycles. The van der Waals surface area contributed by atoms with Crippen LogP contribution in [0.2, 0.25) is 5.02 Å². The lowest BCUT2D eigenvalue weighted by molar-refractivity contribution is 0.462. The molecule has 0 radical (unpaired) electrons. The van der Waals surface area contributed by atoms with Crippen LogP contribution in [0, 0.1) is 0 Å². The molecule has 7 heteroatoms. The Hall–Kier alpha value is -0.130. The van der Waals surface area contributed by atoms with Gasteiger partial charge in [0.05, 0.1) is 18.1 Å². The summed E-state index contributed by atoms with van der Waals surface area (Å²) in [5.74, 6) is 0.803. The first-order chi connectivity index (χ1) is 9.29. The van der Waals surface area contributed by atoms with Crippen molar-refractivity contribution in [2.75, 3.05) is 5.32 Å². The van der Waals surface area contributed by atoms with Gasteiger partial charge in [-0.15, -0.1) is 0 Å². The first-order valence-corrected chi connectivity index (χ1v) is 10.9. The van der Waals surface area contributed by atoms with Crippen LogP contribution < -0.4 is 5.32 Å². The van der Waals surface area contributed by atoms with Crippen molar-refractivity contribution >= 4 is 56.7 Å². The maximum Gasteiger partial charge on any atom is 0.147 e. The third-order valence-electron chi connectivity index (χ3n) is 3.57. The zero-order chi connectivity index (χ0) is 13.2. The van der Waals surface area contributed by atoms with Crippen LogP contribution in [0.15, 0.2) is 12.4 Å². The fourth-order valence-electron chi connectivity index (χ4n) is 2.58. The molecule has 3 rings (SSSR count). The largest absolute Gasteiger partial charge is 0.366 e. The minimum Gasteiger partial charge on any atom is -0.366 e. The Morgan fingerprint density at radius 3 is 2.84 bits per heavy atom. The summed E-state index contributed by atoms with van der Waals surface area (Å²) in [6.07, 6.45) is 10.6. The van der Waals surface area contributed by atoms with Crippen LogP contribution in [0.3, 0.4) is 0 Å². The number of anilines is 1. The SMILES string of the molecule is Clc1c(NC2CCCCC2)ncc2cnn(PI)c12. The lowest BCUT2D eigenvalue weighted by atomic mass is 9.95. The molecule has 1 N–H and O–H groups in total. The number of pyridine rings is 1. The summed E-state index contributed by atoms with van der Waals surface area (Å²) in [6.45, 7) is 0. The molecule has 4 nitrogen and oxygen atoms in total. The summed E-state index contributed by atoms with van der Waals surface area (Å²) >= 11 is 8.81. The van der Waals surface area contributed by atoms with Crippen molar-refractivity contribution in [2.45, 2.75) is 38.1 Å². The molecule has 1 aliphatic carbocycles. The van der Waals surface area contributed by atoms with Crippen LogP contribution >= 0.6 is 40.0 Å². The Labute approximate surface area is 132 Å². The van der Waals surface area contributed by atoms with Gasteiger partial charge in [-0.25, -0.2) is 9.44 Å². The number of aromatic nitrogens is 3. The third-order valence-corrected chi connectivity index (χ3v) is 5.80. The molecule has 1 saturated carbocycles. The van der Waals surface area contributed by atoms with Gasteiger partial charge in [0.1, 0.15) is 10.8 Å². The first kappa shape index (κ1) is 13.8. The number of hydrogen-bond acceptors (Lipinski definition) is 3. The quantitative estimate of drug-likeness (QED) is 0.595. The average molecular weight is 409 g/mol. The maximum absolute atomic E-state index is 6.50. The van der Waals surface area contributed by atoms with E-state index in [0.717, 1.165) is 16.7 Å². The molecular weight excluding hydrogens is 393 g/mol. The van der Waals surface area contributed by atoms with E-state index in [9.17, 15) is 0 Å². The van der Waals surface area contributed by atoms with Gasteiger partial charge in [0, 0.05) is 17.6 Å². The zero-order valence-corrected chi connectivity index (χ0v) is 14.3. The predicted octanol–water partition coefficient (Wildman–Crippen LogP) is 4.62. The van der Waals surface area contributed by atoms with Crippen LogP contribution in [-0.4, -0.2) is 20.6 Å². The van der Waals surface area contributed by atoms with Crippen molar-refractivity contribution in [1.29, 1.82) is 0 Å². The highest BCUT2D eigenvalue weighted by Gasteiger charge is 2.17. The summed E-state index contributed by atoms with van der Waals surface area (Å²) in [5, 5.41) is 9.53. The minimum atomic E-state index is 0.509. The van der Waals surface area contributed by atoms with Crippen LogP contribution in [0.1, 0.15) is 32.1 Å². The van der Waals surface area contributed by atoms with E-state index in [-0.39, 0.29) is 0 Å². The van der Waals surface area contributed by atoms with E-state index in [4.69, 9.17) is 11.6 Å². The van der Waals surface area contributed by atoms with Crippen molar-refractivity contribution in [3.63, 3.8) is 0 Å². The molecule has 1 atom stereocenters. The fraction of sp³-hybridized carbons (Fsp3) is 0.500. The van der Waals surface area contributed by atoms with E-state index < -0.39 is 0 Å². The van der Waals surface area contributed by atoms with Crippen molar-refractivity contribution in [3.8, 4) is 0 Å². The van der Waals surface area contributed by atoms with Crippen molar-refractivity contribution in [1.82, 2.24) is 14.5 Å². The van der Waals surface area contributed by atoms with Gasteiger partial charge >= 0.3 is 0 Å². The Morgan fingerprint density at radius 2 is 2.11 bits per heavy atom. The second kappa shape index (κ2) is 6.10. The summed E-state index contributed by atoms with van der Waals surface area (Å²) in [4.78, 5) is 4.45. The smallest absolute Gasteiger partial charge is 0.147 e. The number of fused-ring (bicyclic) bond motifs is 1. The highest BCUT2D eigenvalue weighted by Crippen LogP contribution is 2.35. The van der Waals surface area contributed by atoms with Gasteiger partial charge in [-0.1, -0.05) is 30.9 Å². The average Bonchev–Trinajstić information content (AvgIpc) is 2.87. The van der Waals surface area contributed by atoms with Gasteiger partial charge in [-0.2, -0.15) is 5.10 Å². The van der Waals surface area contributed by atoms with E-state index in [1.54, 1.807) is 0 Å². The molecule has 1 unspecified atom stereocenters. The number of halogens is 2. The zero-order valence-electron chi connectivity index (χ0n) is 10.4.